The zero-order valence-electron chi connectivity index (χ0n) is 16.2. The number of carbonyl (C=O) groups is 1. The van der Waals surface area contributed by atoms with Crippen LogP contribution in [0.4, 0.5) is 0 Å². The predicted octanol–water partition coefficient (Wildman–Crippen LogP) is 4.94. The van der Waals surface area contributed by atoms with Gasteiger partial charge in [-0.3, -0.25) is 0 Å². The maximum Gasteiger partial charge on any atom is 0.338 e. The molecule has 0 amide bonds. The van der Waals surface area contributed by atoms with Gasteiger partial charge in [-0.15, -0.1) is 0 Å². The number of benzene rings is 4. The van der Waals surface area contributed by atoms with E-state index in [4.69, 9.17) is 17.0 Å². The Morgan fingerprint density at radius 3 is 2.38 bits per heavy atom. The van der Waals surface area contributed by atoms with Gasteiger partial charge in [0.15, 0.2) is 5.11 Å². The van der Waals surface area contributed by atoms with E-state index in [9.17, 15) is 4.79 Å². The fourth-order valence-electron chi connectivity index (χ4n) is 4.42. The van der Waals surface area contributed by atoms with Crippen LogP contribution in [0, 0.1) is 0 Å². The third-order valence-corrected chi connectivity index (χ3v) is 5.86. The molecule has 0 fully saturated rings. The van der Waals surface area contributed by atoms with Gasteiger partial charge in [0.05, 0.1) is 18.2 Å². The summed E-state index contributed by atoms with van der Waals surface area (Å²) >= 11 is 5.40. The highest BCUT2D eigenvalue weighted by Crippen LogP contribution is 2.39. The van der Waals surface area contributed by atoms with Crippen LogP contribution in [-0.2, 0) is 9.53 Å². The molecule has 0 aromatic heterocycles. The molecule has 4 aromatic carbocycles. The summed E-state index contributed by atoms with van der Waals surface area (Å²) < 4.78 is 5.34. The van der Waals surface area contributed by atoms with Crippen molar-refractivity contribution in [1.82, 2.24) is 10.6 Å². The van der Waals surface area contributed by atoms with E-state index in [1.54, 1.807) is 0 Å². The lowest BCUT2D eigenvalue weighted by Gasteiger charge is -2.31. The summed E-state index contributed by atoms with van der Waals surface area (Å²) in [6.07, 6.45) is 0. The normalized spacial score (nSPS) is 17.0. The van der Waals surface area contributed by atoms with Crippen LogP contribution in [0.5, 0.6) is 0 Å². The van der Waals surface area contributed by atoms with Gasteiger partial charge < -0.3 is 15.4 Å². The molecule has 1 aliphatic rings. The lowest BCUT2D eigenvalue weighted by Crippen LogP contribution is -2.45. The summed E-state index contributed by atoms with van der Waals surface area (Å²) in [6, 6.07) is 18.8. The molecule has 0 aliphatic carbocycles. The molecule has 5 heteroatoms. The van der Waals surface area contributed by atoms with Crippen molar-refractivity contribution in [2.24, 2.45) is 0 Å². The highest BCUT2D eigenvalue weighted by molar-refractivity contribution is 7.80. The summed E-state index contributed by atoms with van der Waals surface area (Å²) in [4.78, 5) is 12.8. The summed E-state index contributed by atoms with van der Waals surface area (Å²) in [6.45, 7) is 4.00. The number of nitrogens with one attached hydrogen (secondary N) is 2. The van der Waals surface area contributed by atoms with Crippen LogP contribution in [0.25, 0.3) is 32.3 Å². The van der Waals surface area contributed by atoms with Crippen molar-refractivity contribution in [3.8, 4) is 0 Å². The van der Waals surface area contributed by atoms with Gasteiger partial charge in [-0.2, -0.15) is 0 Å². The first kappa shape index (κ1) is 17.9. The third kappa shape index (κ3) is 2.73. The van der Waals surface area contributed by atoms with Crippen molar-refractivity contribution in [3.63, 3.8) is 0 Å². The van der Waals surface area contributed by atoms with Gasteiger partial charge in [0.25, 0.3) is 0 Å². The van der Waals surface area contributed by atoms with Crippen molar-refractivity contribution in [2.75, 3.05) is 6.61 Å². The van der Waals surface area contributed by atoms with Crippen LogP contribution in [-0.4, -0.2) is 17.7 Å². The molecular weight excluding hydrogens is 380 g/mol. The molecule has 0 spiro atoms. The Labute approximate surface area is 173 Å². The molecule has 1 aliphatic heterocycles. The Morgan fingerprint density at radius 1 is 1.00 bits per heavy atom. The van der Waals surface area contributed by atoms with E-state index in [-0.39, 0.29) is 12.0 Å². The second-order valence-corrected chi connectivity index (χ2v) is 7.71. The van der Waals surface area contributed by atoms with E-state index in [1.165, 1.54) is 26.9 Å². The van der Waals surface area contributed by atoms with Crippen molar-refractivity contribution in [3.05, 3.63) is 71.4 Å². The molecule has 0 saturated carbocycles. The summed E-state index contributed by atoms with van der Waals surface area (Å²) in [7, 11) is 0. The Hall–Kier alpha value is -3.18. The van der Waals surface area contributed by atoms with Crippen molar-refractivity contribution < 1.29 is 9.53 Å². The van der Waals surface area contributed by atoms with Gasteiger partial charge in [0, 0.05) is 5.70 Å². The van der Waals surface area contributed by atoms with Crippen molar-refractivity contribution >= 4 is 55.6 Å². The standard InChI is InChI=1S/C24H20N2O2S/c1-3-28-23(27)19-13(2)25-24(29)26-22(19)18-12-10-16-8-7-14-5-4-6-15-9-11-17(18)21(16)20(14)15/h4-12,22H,3H2,1-2H3,(H2,25,26,29). The van der Waals surface area contributed by atoms with Crippen LogP contribution in [0.15, 0.2) is 65.9 Å². The largest absolute Gasteiger partial charge is 0.463 e. The Morgan fingerprint density at radius 2 is 1.66 bits per heavy atom. The zero-order chi connectivity index (χ0) is 20.1. The number of hydrogen-bond acceptors (Lipinski definition) is 3. The Kier molecular flexibility index (Phi) is 4.14. The minimum Gasteiger partial charge on any atom is -0.463 e. The minimum absolute atomic E-state index is 0.325. The van der Waals surface area contributed by atoms with Gasteiger partial charge in [-0.05, 0) is 63.9 Å². The second-order valence-electron chi connectivity index (χ2n) is 7.30. The molecule has 0 bridgehead atoms. The van der Waals surface area contributed by atoms with Gasteiger partial charge in [0.2, 0.25) is 0 Å². The van der Waals surface area contributed by atoms with Gasteiger partial charge in [0.1, 0.15) is 0 Å². The smallest absolute Gasteiger partial charge is 0.338 e. The molecular formula is C24H20N2O2S. The molecule has 1 heterocycles. The van der Waals surface area contributed by atoms with Gasteiger partial charge >= 0.3 is 5.97 Å². The number of allylic oxidation sites excluding steroid dienone is 1. The summed E-state index contributed by atoms with van der Waals surface area (Å²) in [5, 5.41) is 14.0. The first-order valence-corrected chi connectivity index (χ1v) is 10.1. The van der Waals surface area contributed by atoms with Crippen LogP contribution >= 0.6 is 12.2 Å². The number of hydrogen-bond donors (Lipinski definition) is 2. The molecule has 4 nitrogen and oxygen atoms in total. The summed E-state index contributed by atoms with van der Waals surface area (Å²) in [5.74, 6) is -0.330. The summed E-state index contributed by atoms with van der Waals surface area (Å²) in [5.41, 5.74) is 2.31. The quantitative estimate of drug-likeness (QED) is 0.290. The van der Waals surface area contributed by atoms with Crippen LogP contribution < -0.4 is 10.6 Å². The number of thiocarbonyl (C=S) groups is 1. The molecule has 5 rings (SSSR count). The van der Waals surface area contributed by atoms with Crippen LogP contribution in [0.3, 0.4) is 0 Å². The number of rotatable bonds is 3. The highest BCUT2D eigenvalue weighted by atomic mass is 32.1. The molecule has 144 valence electrons. The minimum atomic E-state index is -0.368. The third-order valence-electron chi connectivity index (χ3n) is 5.64. The zero-order valence-corrected chi connectivity index (χ0v) is 17.0. The molecule has 4 aromatic rings. The lowest BCUT2D eigenvalue weighted by molar-refractivity contribution is -0.139. The predicted molar refractivity (Wildman–Crippen MR) is 121 cm³/mol. The van der Waals surface area contributed by atoms with Gasteiger partial charge in [-0.1, -0.05) is 54.6 Å². The first-order chi connectivity index (χ1) is 14.1. The number of esters is 1. The van der Waals surface area contributed by atoms with Crippen molar-refractivity contribution in [1.29, 1.82) is 0 Å². The second kappa shape index (κ2) is 6.71. The average Bonchev–Trinajstić information content (AvgIpc) is 2.71. The van der Waals surface area contributed by atoms with E-state index in [0.29, 0.717) is 17.3 Å². The van der Waals surface area contributed by atoms with E-state index < -0.39 is 0 Å². The Balaban J connectivity index is 1.80. The maximum absolute atomic E-state index is 12.8. The molecule has 0 saturated heterocycles. The topological polar surface area (TPSA) is 50.4 Å². The molecule has 1 atom stereocenters. The molecule has 1 unspecified atom stereocenters. The first-order valence-electron chi connectivity index (χ1n) is 9.70. The monoisotopic (exact) mass is 400 g/mol. The molecule has 2 N–H and O–H groups in total. The van der Waals surface area contributed by atoms with Crippen LogP contribution in [0.1, 0.15) is 25.5 Å². The van der Waals surface area contributed by atoms with Gasteiger partial charge in [-0.25, -0.2) is 4.79 Å². The Bertz CT molecular complexity index is 1310. The number of carbonyl (C=O) groups excluding carboxylic acids is 1. The maximum atomic E-state index is 12.8. The SMILES string of the molecule is CCOC(=O)C1=C(C)NC(=S)NC1c1ccc2ccc3cccc4ccc1c2c34. The fourth-order valence-corrected chi connectivity index (χ4v) is 4.69. The number of ether oxygens (including phenoxy) is 1. The van der Waals surface area contributed by atoms with Crippen LogP contribution in [0.2, 0.25) is 0 Å². The lowest BCUT2D eigenvalue weighted by atomic mass is 9.87. The van der Waals surface area contributed by atoms with E-state index >= 15 is 0 Å². The fraction of sp³-hybridized carbons (Fsp3) is 0.167. The van der Waals surface area contributed by atoms with E-state index in [2.05, 4.69) is 65.2 Å². The molecule has 29 heavy (non-hydrogen) atoms. The van der Waals surface area contributed by atoms with Crippen molar-refractivity contribution in [2.45, 2.75) is 19.9 Å². The molecule has 0 radical (unpaired) electrons. The average molecular weight is 401 g/mol. The van der Waals surface area contributed by atoms with E-state index in [0.717, 1.165) is 16.6 Å². The highest BCUT2D eigenvalue weighted by Gasteiger charge is 2.32. The van der Waals surface area contributed by atoms with E-state index in [1.807, 2.05) is 13.8 Å².